The van der Waals surface area contributed by atoms with E-state index in [4.69, 9.17) is 16.9 Å². The summed E-state index contributed by atoms with van der Waals surface area (Å²) in [5.74, 6) is -1.31. The van der Waals surface area contributed by atoms with Gasteiger partial charge in [0.1, 0.15) is 12.1 Å². The van der Waals surface area contributed by atoms with E-state index in [9.17, 15) is 19.5 Å². The van der Waals surface area contributed by atoms with Gasteiger partial charge in [-0.2, -0.15) is 0 Å². The lowest BCUT2D eigenvalue weighted by atomic mass is 10.0. The SMILES string of the molecule is C[C@H](O)[C@@H]([C]=O)NC(=O)[C@H](Cc1ccccc1)NC(=O)[C@@H](N)CCCNC(=N)N. The summed E-state index contributed by atoms with van der Waals surface area (Å²) in [6, 6.07) is 5.99. The number of carbonyl (C=O) groups is 2. The molecule has 0 fully saturated rings. The van der Waals surface area contributed by atoms with Crippen molar-refractivity contribution in [3.63, 3.8) is 0 Å². The average Bonchev–Trinajstić information content (AvgIpc) is 2.68. The lowest BCUT2D eigenvalue weighted by Crippen LogP contribution is -2.55. The van der Waals surface area contributed by atoms with Gasteiger partial charge in [-0.25, -0.2) is 0 Å². The van der Waals surface area contributed by atoms with Crippen LogP contribution in [-0.2, 0) is 20.8 Å². The van der Waals surface area contributed by atoms with Crippen molar-refractivity contribution in [2.75, 3.05) is 6.54 Å². The van der Waals surface area contributed by atoms with Crippen molar-refractivity contribution < 1.29 is 19.5 Å². The topological polar surface area (TPSA) is 183 Å². The Bertz CT molecular complexity index is 683. The van der Waals surface area contributed by atoms with Crippen molar-refractivity contribution in [1.82, 2.24) is 16.0 Å². The van der Waals surface area contributed by atoms with Crippen LogP contribution in [0.4, 0.5) is 0 Å². The number of aliphatic hydroxyl groups is 1. The van der Waals surface area contributed by atoms with Crippen LogP contribution in [0.3, 0.4) is 0 Å². The van der Waals surface area contributed by atoms with Crippen molar-refractivity contribution in [2.45, 2.75) is 50.4 Å². The van der Waals surface area contributed by atoms with Gasteiger partial charge in [-0.3, -0.25) is 19.8 Å². The minimum atomic E-state index is -1.20. The van der Waals surface area contributed by atoms with Gasteiger partial charge in [0.15, 0.2) is 5.96 Å². The summed E-state index contributed by atoms with van der Waals surface area (Å²) in [6.07, 6.45) is 1.46. The number of nitrogens with one attached hydrogen (secondary N) is 4. The van der Waals surface area contributed by atoms with Gasteiger partial charge >= 0.3 is 0 Å². The highest BCUT2D eigenvalue weighted by Gasteiger charge is 2.27. The molecule has 0 aliphatic carbocycles. The second-order valence-electron chi connectivity index (χ2n) is 6.68. The van der Waals surface area contributed by atoms with Gasteiger partial charge in [-0.1, -0.05) is 30.3 Å². The number of benzene rings is 1. The van der Waals surface area contributed by atoms with Crippen LogP contribution in [-0.4, -0.2) is 59.9 Å². The molecule has 0 spiro atoms. The maximum absolute atomic E-state index is 12.6. The minimum Gasteiger partial charge on any atom is -0.391 e. The van der Waals surface area contributed by atoms with Crippen molar-refractivity contribution in [3.8, 4) is 0 Å². The number of rotatable bonds is 12. The number of hydrogen-bond acceptors (Lipinski definition) is 6. The Labute approximate surface area is 169 Å². The molecule has 0 aliphatic rings. The number of nitrogens with two attached hydrogens (primary N) is 2. The van der Waals surface area contributed by atoms with E-state index in [1.807, 2.05) is 6.07 Å². The number of carbonyl (C=O) groups excluding carboxylic acids is 3. The van der Waals surface area contributed by atoms with Crippen LogP contribution < -0.4 is 27.4 Å². The fourth-order valence-corrected chi connectivity index (χ4v) is 2.52. The van der Waals surface area contributed by atoms with Crippen LogP contribution in [0.25, 0.3) is 0 Å². The highest BCUT2D eigenvalue weighted by molar-refractivity contribution is 5.91. The smallest absolute Gasteiger partial charge is 0.243 e. The fourth-order valence-electron chi connectivity index (χ4n) is 2.52. The molecule has 1 radical (unpaired) electrons. The van der Waals surface area contributed by atoms with Crippen molar-refractivity contribution in [1.29, 1.82) is 5.41 Å². The molecule has 1 rings (SSSR count). The second-order valence-corrected chi connectivity index (χ2v) is 6.68. The molecule has 0 saturated heterocycles. The molecule has 10 heteroatoms. The van der Waals surface area contributed by atoms with Crippen molar-refractivity contribution >= 4 is 24.1 Å². The zero-order valence-corrected chi connectivity index (χ0v) is 16.4. The first-order valence-corrected chi connectivity index (χ1v) is 9.28. The van der Waals surface area contributed by atoms with E-state index >= 15 is 0 Å². The van der Waals surface area contributed by atoms with Gasteiger partial charge in [0.05, 0.1) is 12.1 Å². The Hall–Kier alpha value is -2.98. The summed E-state index contributed by atoms with van der Waals surface area (Å²) in [7, 11) is 0. The predicted octanol–water partition coefficient (Wildman–Crippen LogP) is -1.72. The van der Waals surface area contributed by atoms with Gasteiger partial charge in [-0.15, -0.1) is 0 Å². The molecule has 1 aromatic rings. The normalized spacial score (nSPS) is 14.7. The average molecular weight is 405 g/mol. The van der Waals surface area contributed by atoms with Crippen LogP contribution in [0, 0.1) is 5.41 Å². The van der Waals surface area contributed by atoms with Crippen LogP contribution in [0.1, 0.15) is 25.3 Å². The molecule has 29 heavy (non-hydrogen) atoms. The van der Waals surface area contributed by atoms with Crippen molar-refractivity contribution in [3.05, 3.63) is 35.9 Å². The first-order valence-electron chi connectivity index (χ1n) is 9.28. The summed E-state index contributed by atoms with van der Waals surface area (Å²) in [6.45, 7) is 1.75. The highest BCUT2D eigenvalue weighted by Crippen LogP contribution is 2.05. The molecule has 0 unspecified atom stereocenters. The van der Waals surface area contributed by atoms with Crippen LogP contribution in [0.15, 0.2) is 30.3 Å². The quantitative estimate of drug-likeness (QED) is 0.122. The molecule has 0 saturated carbocycles. The molecule has 0 aliphatic heterocycles. The summed E-state index contributed by atoms with van der Waals surface area (Å²) in [5.41, 5.74) is 11.9. The summed E-state index contributed by atoms with van der Waals surface area (Å²) < 4.78 is 0. The second kappa shape index (κ2) is 12.5. The third-order valence-electron chi connectivity index (χ3n) is 4.17. The van der Waals surface area contributed by atoms with Crippen LogP contribution in [0.5, 0.6) is 0 Å². The molecule has 0 aromatic heterocycles. The number of guanidine groups is 1. The van der Waals surface area contributed by atoms with E-state index in [0.717, 1.165) is 5.56 Å². The zero-order chi connectivity index (χ0) is 21.8. The molecular weight excluding hydrogens is 376 g/mol. The maximum Gasteiger partial charge on any atom is 0.243 e. The molecular formula is C19H29N6O4. The van der Waals surface area contributed by atoms with Crippen molar-refractivity contribution in [2.24, 2.45) is 11.5 Å². The first kappa shape index (κ1) is 24.1. The molecule has 159 valence electrons. The Balaban J connectivity index is 2.76. The third kappa shape index (κ3) is 9.17. The van der Waals surface area contributed by atoms with Crippen LogP contribution in [0.2, 0.25) is 0 Å². The summed E-state index contributed by atoms with van der Waals surface area (Å²) >= 11 is 0. The van der Waals surface area contributed by atoms with E-state index in [1.54, 1.807) is 30.6 Å². The lowest BCUT2D eigenvalue weighted by Gasteiger charge is -2.23. The van der Waals surface area contributed by atoms with E-state index < -0.39 is 36.0 Å². The third-order valence-corrected chi connectivity index (χ3v) is 4.17. The summed E-state index contributed by atoms with van der Waals surface area (Å²) in [4.78, 5) is 36.0. The first-order chi connectivity index (χ1) is 13.7. The van der Waals surface area contributed by atoms with Gasteiger partial charge in [0, 0.05) is 13.0 Å². The molecule has 2 amide bonds. The lowest BCUT2D eigenvalue weighted by molar-refractivity contribution is -0.130. The molecule has 4 atom stereocenters. The van der Waals surface area contributed by atoms with Gasteiger partial charge in [-0.05, 0) is 25.3 Å². The zero-order valence-electron chi connectivity index (χ0n) is 16.4. The molecule has 10 nitrogen and oxygen atoms in total. The van der Waals surface area contributed by atoms with E-state index in [0.29, 0.717) is 19.4 Å². The number of aliphatic hydroxyl groups excluding tert-OH is 1. The number of amides is 2. The minimum absolute atomic E-state index is 0.165. The largest absolute Gasteiger partial charge is 0.391 e. The summed E-state index contributed by atoms with van der Waals surface area (Å²) in [5, 5.41) is 24.2. The van der Waals surface area contributed by atoms with E-state index in [1.165, 1.54) is 6.92 Å². The standard InChI is InChI=1S/C19H29N6O4/c1-12(27)16(11-26)25-18(29)15(10-13-6-3-2-4-7-13)24-17(28)14(20)8-5-9-23-19(21)22/h2-4,6-7,12,14-16,27H,5,8-10,20H2,1H3,(H,24,28)(H,25,29)(H4,21,22,23)/t12-,14-,15-,16+/m0/s1. The molecule has 0 bridgehead atoms. The van der Waals surface area contributed by atoms with Gasteiger partial charge in [0.2, 0.25) is 18.1 Å². The van der Waals surface area contributed by atoms with E-state index in [-0.39, 0.29) is 12.4 Å². The van der Waals surface area contributed by atoms with Gasteiger partial charge in [0.25, 0.3) is 0 Å². The monoisotopic (exact) mass is 405 g/mol. The molecule has 1 aromatic carbocycles. The highest BCUT2D eigenvalue weighted by atomic mass is 16.3. The fraction of sp³-hybridized carbons (Fsp3) is 0.474. The molecule has 0 heterocycles. The Morgan fingerprint density at radius 3 is 2.41 bits per heavy atom. The van der Waals surface area contributed by atoms with Crippen LogP contribution >= 0.6 is 0 Å². The maximum atomic E-state index is 12.6. The Kier molecular flexibility index (Phi) is 10.3. The Morgan fingerprint density at radius 2 is 1.86 bits per heavy atom. The number of hydrogen-bond donors (Lipinski definition) is 7. The van der Waals surface area contributed by atoms with E-state index in [2.05, 4.69) is 16.0 Å². The van der Waals surface area contributed by atoms with Gasteiger partial charge < -0.3 is 32.5 Å². The Morgan fingerprint density at radius 1 is 1.21 bits per heavy atom. The molecule has 9 N–H and O–H groups in total. The predicted molar refractivity (Wildman–Crippen MR) is 109 cm³/mol.